The first-order chi connectivity index (χ1) is 8.77. The highest BCUT2D eigenvalue weighted by Crippen LogP contribution is 2.35. The van der Waals surface area contributed by atoms with Gasteiger partial charge in [-0.2, -0.15) is 0 Å². The van der Waals surface area contributed by atoms with E-state index in [1.54, 1.807) is 0 Å². The molecule has 2 heteroatoms. The van der Waals surface area contributed by atoms with E-state index in [0.717, 1.165) is 22.0 Å². The topological polar surface area (TPSA) is 33.1 Å². The lowest BCUT2D eigenvalue weighted by Gasteiger charge is -2.09. The van der Waals surface area contributed by atoms with E-state index in [0.29, 0.717) is 5.69 Å². The first-order valence-corrected chi connectivity index (χ1v) is 5.91. The second-order valence-electron chi connectivity index (χ2n) is 4.31. The van der Waals surface area contributed by atoms with Crippen LogP contribution in [0.1, 0.15) is 5.69 Å². The molecule has 0 fully saturated rings. The summed E-state index contributed by atoms with van der Waals surface area (Å²) in [7, 11) is 0. The van der Waals surface area contributed by atoms with Crippen LogP contribution in [-0.4, -0.2) is 10.1 Å². The van der Waals surface area contributed by atoms with Gasteiger partial charge in [0, 0.05) is 22.0 Å². The van der Waals surface area contributed by atoms with Crippen molar-refractivity contribution in [2.24, 2.45) is 0 Å². The summed E-state index contributed by atoms with van der Waals surface area (Å²) in [6, 6.07) is 17.5. The molecule has 0 aliphatic rings. The summed E-state index contributed by atoms with van der Waals surface area (Å²) >= 11 is 0. The summed E-state index contributed by atoms with van der Waals surface area (Å²) in [5, 5.41) is 12.2. The first kappa shape index (κ1) is 10.8. The van der Waals surface area contributed by atoms with Gasteiger partial charge >= 0.3 is 0 Å². The molecule has 0 saturated heterocycles. The van der Waals surface area contributed by atoms with E-state index >= 15 is 0 Å². The van der Waals surface area contributed by atoms with Crippen LogP contribution < -0.4 is 0 Å². The molecular weight excluding hydrogens is 222 g/mol. The number of benzene rings is 2. The van der Waals surface area contributed by atoms with E-state index in [9.17, 15) is 5.11 Å². The van der Waals surface area contributed by atoms with Gasteiger partial charge in [-0.05, 0) is 6.92 Å². The average molecular weight is 235 g/mol. The lowest BCUT2D eigenvalue weighted by molar-refractivity contribution is 0.481. The standard InChI is InChI=1S/C16H13NO/c1-11-13-9-5-6-10-14(13)16(18)15(17-11)12-7-3-2-4-8-12/h2-10,18H,1H3. The maximum atomic E-state index is 10.4. The molecule has 0 aliphatic carbocycles. The fraction of sp³-hybridized carbons (Fsp3) is 0.0625. The van der Waals surface area contributed by atoms with E-state index in [2.05, 4.69) is 4.98 Å². The van der Waals surface area contributed by atoms with Crippen LogP contribution in [0, 0.1) is 6.92 Å². The number of fused-ring (bicyclic) bond motifs is 1. The van der Waals surface area contributed by atoms with E-state index in [4.69, 9.17) is 0 Å². The molecule has 0 saturated carbocycles. The summed E-state index contributed by atoms with van der Waals surface area (Å²) < 4.78 is 0. The normalized spacial score (nSPS) is 10.7. The number of aromatic nitrogens is 1. The number of aryl methyl sites for hydroxylation is 1. The summed E-state index contributed by atoms with van der Waals surface area (Å²) in [5.41, 5.74) is 2.51. The highest BCUT2D eigenvalue weighted by molar-refractivity contribution is 5.94. The molecule has 88 valence electrons. The van der Waals surface area contributed by atoms with Crippen LogP contribution in [0.5, 0.6) is 5.75 Å². The molecule has 0 bridgehead atoms. The van der Waals surface area contributed by atoms with E-state index in [-0.39, 0.29) is 5.75 Å². The van der Waals surface area contributed by atoms with Gasteiger partial charge in [-0.3, -0.25) is 0 Å². The summed E-state index contributed by atoms with van der Waals surface area (Å²) in [4.78, 5) is 4.52. The summed E-state index contributed by atoms with van der Waals surface area (Å²) in [6.45, 7) is 1.97. The molecular formula is C16H13NO. The molecule has 0 radical (unpaired) electrons. The van der Waals surface area contributed by atoms with Crippen LogP contribution in [0.15, 0.2) is 54.6 Å². The minimum absolute atomic E-state index is 0.252. The molecule has 3 rings (SSSR count). The zero-order valence-corrected chi connectivity index (χ0v) is 10.1. The van der Waals surface area contributed by atoms with Crippen LogP contribution in [0.3, 0.4) is 0 Å². The van der Waals surface area contributed by atoms with Crippen LogP contribution in [0.2, 0.25) is 0 Å². The van der Waals surface area contributed by atoms with Crippen molar-refractivity contribution < 1.29 is 5.11 Å². The van der Waals surface area contributed by atoms with Gasteiger partial charge in [-0.15, -0.1) is 0 Å². The third kappa shape index (κ3) is 1.63. The number of hydrogen-bond acceptors (Lipinski definition) is 2. The lowest BCUT2D eigenvalue weighted by atomic mass is 10.0. The van der Waals surface area contributed by atoms with Gasteiger partial charge in [-0.1, -0.05) is 54.6 Å². The van der Waals surface area contributed by atoms with Crippen molar-refractivity contribution in [1.82, 2.24) is 4.98 Å². The number of nitrogens with zero attached hydrogens (tertiary/aromatic N) is 1. The van der Waals surface area contributed by atoms with E-state index < -0.39 is 0 Å². The zero-order chi connectivity index (χ0) is 12.5. The van der Waals surface area contributed by atoms with Crippen LogP contribution in [0.4, 0.5) is 0 Å². The van der Waals surface area contributed by atoms with Crippen molar-refractivity contribution >= 4 is 10.8 Å². The van der Waals surface area contributed by atoms with Gasteiger partial charge in [0.1, 0.15) is 11.4 Å². The Hall–Kier alpha value is -2.35. The zero-order valence-electron chi connectivity index (χ0n) is 10.1. The molecule has 0 amide bonds. The molecule has 0 spiro atoms. The minimum Gasteiger partial charge on any atom is -0.505 e. The molecule has 3 aromatic rings. The third-order valence-electron chi connectivity index (χ3n) is 3.12. The largest absolute Gasteiger partial charge is 0.505 e. The number of aromatic hydroxyl groups is 1. The molecule has 18 heavy (non-hydrogen) atoms. The highest BCUT2D eigenvalue weighted by atomic mass is 16.3. The Kier molecular flexibility index (Phi) is 2.49. The molecule has 1 aromatic heterocycles. The van der Waals surface area contributed by atoms with E-state index in [1.165, 1.54) is 0 Å². The number of rotatable bonds is 1. The Morgan fingerprint density at radius 2 is 1.44 bits per heavy atom. The SMILES string of the molecule is Cc1nc(-c2ccccc2)c(O)c2ccccc12. The van der Waals surface area contributed by atoms with Gasteiger partial charge in [0.2, 0.25) is 0 Å². The molecule has 1 N–H and O–H groups in total. The maximum Gasteiger partial charge on any atom is 0.149 e. The Bertz CT molecular complexity index is 705. The molecule has 0 atom stereocenters. The van der Waals surface area contributed by atoms with Crippen molar-refractivity contribution in [3.05, 3.63) is 60.3 Å². The summed E-state index contributed by atoms with van der Waals surface area (Å²) in [5.74, 6) is 0.252. The van der Waals surface area contributed by atoms with Crippen molar-refractivity contribution in [1.29, 1.82) is 0 Å². The second-order valence-corrected chi connectivity index (χ2v) is 4.31. The van der Waals surface area contributed by atoms with Gasteiger partial charge in [0.25, 0.3) is 0 Å². The Labute approximate surface area is 106 Å². The number of hydrogen-bond donors (Lipinski definition) is 1. The number of pyridine rings is 1. The monoisotopic (exact) mass is 235 g/mol. The Morgan fingerprint density at radius 3 is 2.17 bits per heavy atom. The molecule has 2 aromatic carbocycles. The van der Waals surface area contributed by atoms with Crippen molar-refractivity contribution in [3.8, 4) is 17.0 Å². The average Bonchev–Trinajstić information content (AvgIpc) is 2.44. The fourth-order valence-corrected chi connectivity index (χ4v) is 2.21. The van der Waals surface area contributed by atoms with Crippen LogP contribution in [0.25, 0.3) is 22.0 Å². The van der Waals surface area contributed by atoms with Gasteiger partial charge in [-0.25, -0.2) is 4.98 Å². The van der Waals surface area contributed by atoms with Crippen LogP contribution in [-0.2, 0) is 0 Å². The first-order valence-electron chi connectivity index (χ1n) is 5.91. The highest BCUT2D eigenvalue weighted by Gasteiger charge is 2.11. The van der Waals surface area contributed by atoms with Gasteiger partial charge in [0.05, 0.1) is 0 Å². The maximum absolute atomic E-state index is 10.4. The van der Waals surface area contributed by atoms with Crippen LogP contribution >= 0.6 is 0 Å². The molecule has 0 unspecified atom stereocenters. The molecule has 2 nitrogen and oxygen atoms in total. The minimum atomic E-state index is 0.252. The second kappa shape index (κ2) is 4.15. The Balaban J connectivity index is 2.35. The van der Waals surface area contributed by atoms with Gasteiger partial charge in [0.15, 0.2) is 0 Å². The Morgan fingerprint density at radius 1 is 0.833 bits per heavy atom. The van der Waals surface area contributed by atoms with Crippen molar-refractivity contribution in [2.75, 3.05) is 0 Å². The smallest absolute Gasteiger partial charge is 0.149 e. The predicted molar refractivity (Wildman–Crippen MR) is 73.6 cm³/mol. The lowest BCUT2D eigenvalue weighted by Crippen LogP contribution is -1.90. The third-order valence-corrected chi connectivity index (χ3v) is 3.12. The van der Waals surface area contributed by atoms with Crippen molar-refractivity contribution in [3.63, 3.8) is 0 Å². The van der Waals surface area contributed by atoms with Crippen molar-refractivity contribution in [2.45, 2.75) is 6.92 Å². The molecule has 0 aliphatic heterocycles. The predicted octanol–water partition coefficient (Wildman–Crippen LogP) is 3.92. The summed E-state index contributed by atoms with van der Waals surface area (Å²) in [6.07, 6.45) is 0. The van der Waals surface area contributed by atoms with E-state index in [1.807, 2.05) is 61.5 Å². The quantitative estimate of drug-likeness (QED) is 0.693. The molecule has 1 heterocycles. The van der Waals surface area contributed by atoms with Gasteiger partial charge < -0.3 is 5.11 Å². The fourth-order valence-electron chi connectivity index (χ4n) is 2.21.